The number of nitrogens with two attached hydrogens (primary N) is 1. The Balaban J connectivity index is 3.06. The lowest BCUT2D eigenvalue weighted by atomic mass is 9.97. The van der Waals surface area contributed by atoms with E-state index in [4.69, 9.17) is 17.3 Å². The maximum absolute atomic E-state index is 6.19. The van der Waals surface area contributed by atoms with E-state index in [1.165, 1.54) is 0 Å². The molecule has 0 aliphatic rings. The molecule has 0 spiro atoms. The Bertz CT molecular complexity index is 320. The SMILES string of the molecule is CCC(C)C(N)c1c(Cl)cnn1C(C)C. The molecule has 1 aromatic heterocycles. The summed E-state index contributed by atoms with van der Waals surface area (Å²) in [7, 11) is 0. The van der Waals surface area contributed by atoms with Crippen LogP contribution in [-0.4, -0.2) is 9.78 Å². The van der Waals surface area contributed by atoms with E-state index in [0.29, 0.717) is 17.0 Å². The number of hydrogen-bond donors (Lipinski definition) is 1. The quantitative estimate of drug-likeness (QED) is 0.862. The fourth-order valence-corrected chi connectivity index (χ4v) is 1.85. The summed E-state index contributed by atoms with van der Waals surface area (Å²) in [6, 6.07) is 0.259. The lowest BCUT2D eigenvalue weighted by Gasteiger charge is -2.21. The van der Waals surface area contributed by atoms with Gasteiger partial charge in [-0.25, -0.2) is 0 Å². The third kappa shape index (κ3) is 2.52. The predicted molar refractivity (Wildman–Crippen MR) is 64.0 cm³/mol. The molecule has 2 unspecified atom stereocenters. The van der Waals surface area contributed by atoms with Gasteiger partial charge in [0, 0.05) is 6.04 Å². The highest BCUT2D eigenvalue weighted by molar-refractivity contribution is 6.31. The van der Waals surface area contributed by atoms with Crippen LogP contribution in [0.2, 0.25) is 5.02 Å². The second-order valence-corrected chi connectivity index (χ2v) is 4.73. The molecule has 2 N–H and O–H groups in total. The first-order valence-corrected chi connectivity index (χ1v) is 5.85. The van der Waals surface area contributed by atoms with Crippen molar-refractivity contribution in [3.05, 3.63) is 16.9 Å². The van der Waals surface area contributed by atoms with E-state index in [2.05, 4.69) is 32.8 Å². The number of rotatable bonds is 4. The van der Waals surface area contributed by atoms with Crippen LogP contribution in [0.3, 0.4) is 0 Å². The van der Waals surface area contributed by atoms with Crippen molar-refractivity contribution in [1.29, 1.82) is 0 Å². The monoisotopic (exact) mass is 229 g/mol. The van der Waals surface area contributed by atoms with Crippen molar-refractivity contribution in [2.75, 3.05) is 0 Å². The van der Waals surface area contributed by atoms with Crippen LogP contribution in [0.15, 0.2) is 6.20 Å². The maximum Gasteiger partial charge on any atom is 0.0834 e. The minimum absolute atomic E-state index is 0.0348. The second-order valence-electron chi connectivity index (χ2n) is 4.33. The number of nitrogens with zero attached hydrogens (tertiary/aromatic N) is 2. The van der Waals surface area contributed by atoms with Crippen molar-refractivity contribution < 1.29 is 0 Å². The molecular weight excluding hydrogens is 210 g/mol. The van der Waals surface area contributed by atoms with E-state index in [1.807, 2.05) is 4.68 Å². The van der Waals surface area contributed by atoms with E-state index in [1.54, 1.807) is 6.20 Å². The zero-order valence-corrected chi connectivity index (χ0v) is 10.6. The van der Waals surface area contributed by atoms with Crippen molar-refractivity contribution in [3.63, 3.8) is 0 Å². The van der Waals surface area contributed by atoms with Gasteiger partial charge in [-0.2, -0.15) is 5.10 Å². The van der Waals surface area contributed by atoms with Gasteiger partial charge >= 0.3 is 0 Å². The first-order valence-electron chi connectivity index (χ1n) is 5.47. The molecule has 15 heavy (non-hydrogen) atoms. The molecule has 0 aromatic carbocycles. The molecule has 3 nitrogen and oxygen atoms in total. The highest BCUT2D eigenvalue weighted by atomic mass is 35.5. The Morgan fingerprint density at radius 2 is 2.07 bits per heavy atom. The molecule has 1 rings (SSSR count). The summed E-state index contributed by atoms with van der Waals surface area (Å²) in [6.07, 6.45) is 2.72. The molecule has 0 amide bonds. The van der Waals surface area contributed by atoms with E-state index in [-0.39, 0.29) is 6.04 Å². The van der Waals surface area contributed by atoms with Crippen LogP contribution in [0, 0.1) is 5.92 Å². The van der Waals surface area contributed by atoms with Crippen LogP contribution in [0.5, 0.6) is 0 Å². The zero-order chi connectivity index (χ0) is 11.6. The molecule has 0 aliphatic heterocycles. The summed E-state index contributed by atoms with van der Waals surface area (Å²) in [5.41, 5.74) is 7.15. The van der Waals surface area contributed by atoms with Gasteiger partial charge in [0.25, 0.3) is 0 Å². The lowest BCUT2D eigenvalue weighted by Crippen LogP contribution is -2.23. The van der Waals surface area contributed by atoms with E-state index >= 15 is 0 Å². The topological polar surface area (TPSA) is 43.8 Å². The fraction of sp³-hybridized carbons (Fsp3) is 0.727. The molecular formula is C11H20ClN3. The standard InChI is InChI=1S/C11H20ClN3/c1-5-8(4)10(13)11-9(12)6-14-15(11)7(2)3/h6-8,10H,5,13H2,1-4H3. The van der Waals surface area contributed by atoms with Crippen molar-refractivity contribution in [2.45, 2.75) is 46.2 Å². The van der Waals surface area contributed by atoms with Gasteiger partial charge in [0.15, 0.2) is 0 Å². The molecule has 0 saturated heterocycles. The Kier molecular flexibility index (Phi) is 4.17. The van der Waals surface area contributed by atoms with Crippen molar-refractivity contribution in [3.8, 4) is 0 Å². The van der Waals surface area contributed by atoms with Crippen molar-refractivity contribution in [2.24, 2.45) is 11.7 Å². The highest BCUT2D eigenvalue weighted by Gasteiger charge is 2.22. The third-order valence-electron chi connectivity index (χ3n) is 2.85. The van der Waals surface area contributed by atoms with E-state index < -0.39 is 0 Å². The summed E-state index contributed by atoms with van der Waals surface area (Å²) in [4.78, 5) is 0. The van der Waals surface area contributed by atoms with Gasteiger partial charge in [-0.15, -0.1) is 0 Å². The molecule has 0 saturated carbocycles. The van der Waals surface area contributed by atoms with Gasteiger partial charge in [-0.05, 0) is 19.8 Å². The number of halogens is 1. The molecule has 86 valence electrons. The number of hydrogen-bond acceptors (Lipinski definition) is 2. The van der Waals surface area contributed by atoms with Gasteiger partial charge in [-0.1, -0.05) is 31.9 Å². The summed E-state index contributed by atoms with van der Waals surface area (Å²) >= 11 is 6.12. The first kappa shape index (κ1) is 12.5. The Morgan fingerprint density at radius 1 is 1.47 bits per heavy atom. The van der Waals surface area contributed by atoms with Crippen LogP contribution in [0.25, 0.3) is 0 Å². The third-order valence-corrected chi connectivity index (χ3v) is 3.14. The summed E-state index contributed by atoms with van der Waals surface area (Å²) in [5, 5.41) is 4.94. The normalized spacial score (nSPS) is 15.7. The molecule has 0 aliphatic carbocycles. The molecule has 4 heteroatoms. The molecule has 1 aromatic rings. The zero-order valence-electron chi connectivity index (χ0n) is 9.87. The first-order chi connectivity index (χ1) is 6.99. The molecule has 1 heterocycles. The van der Waals surface area contributed by atoms with Crippen LogP contribution >= 0.6 is 11.6 Å². The van der Waals surface area contributed by atoms with Gasteiger partial charge in [-0.3, -0.25) is 4.68 Å². The Morgan fingerprint density at radius 3 is 2.53 bits per heavy atom. The molecule has 2 atom stereocenters. The molecule has 0 radical (unpaired) electrons. The minimum atomic E-state index is -0.0348. The second kappa shape index (κ2) is 4.99. The summed E-state index contributed by atoms with van der Waals surface area (Å²) in [5.74, 6) is 0.414. The minimum Gasteiger partial charge on any atom is -0.322 e. The van der Waals surface area contributed by atoms with Crippen LogP contribution < -0.4 is 5.73 Å². The fourth-order valence-electron chi connectivity index (χ4n) is 1.60. The van der Waals surface area contributed by atoms with Crippen LogP contribution in [0.1, 0.15) is 51.9 Å². The smallest absolute Gasteiger partial charge is 0.0834 e. The van der Waals surface area contributed by atoms with Gasteiger partial charge in [0.1, 0.15) is 0 Å². The van der Waals surface area contributed by atoms with Gasteiger partial charge in [0.05, 0.1) is 23.0 Å². The predicted octanol–water partition coefficient (Wildman–Crippen LogP) is 3.16. The van der Waals surface area contributed by atoms with E-state index in [9.17, 15) is 0 Å². The Labute approximate surface area is 96.6 Å². The van der Waals surface area contributed by atoms with Gasteiger partial charge < -0.3 is 5.73 Å². The average molecular weight is 230 g/mol. The van der Waals surface area contributed by atoms with Crippen LogP contribution in [0.4, 0.5) is 0 Å². The van der Waals surface area contributed by atoms with Crippen LogP contribution in [-0.2, 0) is 0 Å². The summed E-state index contributed by atoms with van der Waals surface area (Å²) < 4.78 is 1.92. The van der Waals surface area contributed by atoms with Crippen molar-refractivity contribution in [1.82, 2.24) is 9.78 Å². The average Bonchev–Trinajstić information content (AvgIpc) is 2.58. The number of aromatic nitrogens is 2. The largest absolute Gasteiger partial charge is 0.322 e. The van der Waals surface area contributed by atoms with E-state index in [0.717, 1.165) is 12.1 Å². The molecule has 0 fully saturated rings. The van der Waals surface area contributed by atoms with Gasteiger partial charge in [0.2, 0.25) is 0 Å². The maximum atomic E-state index is 6.19. The lowest BCUT2D eigenvalue weighted by molar-refractivity contribution is 0.406. The van der Waals surface area contributed by atoms with Crippen molar-refractivity contribution >= 4 is 11.6 Å². The molecule has 0 bridgehead atoms. The highest BCUT2D eigenvalue weighted by Crippen LogP contribution is 2.29. The summed E-state index contributed by atoms with van der Waals surface area (Å²) in [6.45, 7) is 8.43. The Hall–Kier alpha value is -0.540.